The van der Waals surface area contributed by atoms with Crippen molar-refractivity contribution in [3.05, 3.63) is 72.9 Å². The van der Waals surface area contributed by atoms with Crippen molar-refractivity contribution in [1.29, 1.82) is 0 Å². The first kappa shape index (κ1) is 77.9. The van der Waals surface area contributed by atoms with Crippen LogP contribution in [0.2, 0.25) is 0 Å². The maximum atomic E-state index is 12.9. The van der Waals surface area contributed by atoms with E-state index in [0.29, 0.717) is 19.3 Å². The van der Waals surface area contributed by atoms with E-state index in [9.17, 15) is 14.4 Å². The lowest BCUT2D eigenvalue weighted by molar-refractivity contribution is -0.167. The average Bonchev–Trinajstić information content (AvgIpc) is 3.47. The van der Waals surface area contributed by atoms with Crippen molar-refractivity contribution in [2.75, 3.05) is 13.2 Å². The molecule has 1 unspecified atom stereocenters. The van der Waals surface area contributed by atoms with Crippen LogP contribution < -0.4 is 0 Å². The molecule has 0 aliphatic carbocycles. The summed E-state index contributed by atoms with van der Waals surface area (Å²) in [6.45, 7) is 6.54. The zero-order valence-electron chi connectivity index (χ0n) is 54.1. The Balaban J connectivity index is 4.13. The van der Waals surface area contributed by atoms with Crippen LogP contribution in [0, 0.1) is 0 Å². The zero-order valence-corrected chi connectivity index (χ0v) is 54.1. The first-order valence-corrected chi connectivity index (χ1v) is 35.4. The molecule has 0 aromatic carbocycles. The third kappa shape index (κ3) is 67.5. The van der Waals surface area contributed by atoms with Crippen molar-refractivity contribution in [2.24, 2.45) is 0 Å². The monoisotopic (exact) mass is 1130 g/mol. The van der Waals surface area contributed by atoms with Crippen LogP contribution >= 0.6 is 0 Å². The molecule has 0 aromatic heterocycles. The standard InChI is InChI=1S/C75H134O6/c1-4-7-10-13-16-19-22-24-26-28-30-31-32-33-34-35-36-37-38-39-40-41-42-43-45-46-48-50-53-56-59-62-65-68-74(77)80-71-72(70-79-73(76)67-64-61-58-55-52-21-18-15-12-9-6-3)81-75(78)69-66-63-60-57-54-51-49-47-44-29-27-25-23-20-17-14-11-8-5-2/h8,11,17,20,25,27-28,30,44,47,51,54,72H,4-7,9-10,12-16,18-19,21-24,26,29,31-43,45-46,48-50,52-53,55-71H2,1-3H3/b11-8-,20-17-,27-25-,30-28-,47-44-,54-51-. The summed E-state index contributed by atoms with van der Waals surface area (Å²) < 4.78 is 16.9. The van der Waals surface area contributed by atoms with Crippen molar-refractivity contribution < 1.29 is 28.6 Å². The Kier molecular flexibility index (Phi) is 66.6. The molecule has 0 aromatic rings. The molecule has 0 bridgehead atoms. The molecule has 6 nitrogen and oxygen atoms in total. The molecule has 0 aliphatic heterocycles. The van der Waals surface area contributed by atoms with E-state index in [2.05, 4.69) is 93.7 Å². The minimum Gasteiger partial charge on any atom is -0.462 e. The van der Waals surface area contributed by atoms with E-state index in [4.69, 9.17) is 14.2 Å². The highest BCUT2D eigenvalue weighted by molar-refractivity contribution is 5.71. The number of rotatable bonds is 65. The molecule has 0 radical (unpaired) electrons. The smallest absolute Gasteiger partial charge is 0.306 e. The Labute approximate surface area is 503 Å². The number of carbonyl (C=O) groups is 3. The highest BCUT2D eigenvalue weighted by Crippen LogP contribution is 2.18. The average molecular weight is 1130 g/mol. The van der Waals surface area contributed by atoms with Crippen LogP contribution in [0.1, 0.15) is 367 Å². The van der Waals surface area contributed by atoms with E-state index in [-0.39, 0.29) is 31.1 Å². The van der Waals surface area contributed by atoms with Crippen LogP contribution in [-0.4, -0.2) is 37.2 Å². The van der Waals surface area contributed by atoms with Crippen LogP contribution in [0.4, 0.5) is 0 Å². The summed E-state index contributed by atoms with van der Waals surface area (Å²) in [5.74, 6) is -0.899. The van der Waals surface area contributed by atoms with Crippen molar-refractivity contribution in [1.82, 2.24) is 0 Å². The van der Waals surface area contributed by atoms with Gasteiger partial charge in [-0.1, -0.05) is 331 Å². The van der Waals surface area contributed by atoms with Crippen LogP contribution in [0.3, 0.4) is 0 Å². The summed E-state index contributed by atoms with van der Waals surface area (Å²) in [5, 5.41) is 0. The largest absolute Gasteiger partial charge is 0.462 e. The molecular weight excluding hydrogens is 997 g/mol. The minimum absolute atomic E-state index is 0.0846. The van der Waals surface area contributed by atoms with Gasteiger partial charge in [0.2, 0.25) is 0 Å². The third-order valence-electron chi connectivity index (χ3n) is 15.7. The van der Waals surface area contributed by atoms with Gasteiger partial charge >= 0.3 is 17.9 Å². The van der Waals surface area contributed by atoms with E-state index in [1.165, 1.54) is 231 Å². The fourth-order valence-electron chi connectivity index (χ4n) is 10.4. The van der Waals surface area contributed by atoms with Gasteiger partial charge < -0.3 is 14.2 Å². The summed E-state index contributed by atoms with van der Waals surface area (Å²) in [6.07, 6.45) is 91.0. The lowest BCUT2D eigenvalue weighted by Gasteiger charge is -2.18. The third-order valence-corrected chi connectivity index (χ3v) is 15.7. The molecule has 0 saturated heterocycles. The maximum absolute atomic E-state index is 12.9. The lowest BCUT2D eigenvalue weighted by Crippen LogP contribution is -2.30. The van der Waals surface area contributed by atoms with Gasteiger partial charge in [-0.05, 0) is 89.9 Å². The number of carbonyl (C=O) groups excluding carboxylic acids is 3. The van der Waals surface area contributed by atoms with Gasteiger partial charge in [0, 0.05) is 19.3 Å². The van der Waals surface area contributed by atoms with Crippen LogP contribution in [0.25, 0.3) is 0 Å². The normalized spacial score (nSPS) is 12.5. The summed E-state index contributed by atoms with van der Waals surface area (Å²) in [7, 11) is 0. The molecule has 0 fully saturated rings. The molecular formula is C75H134O6. The number of ether oxygens (including phenoxy) is 3. The van der Waals surface area contributed by atoms with Gasteiger partial charge in [-0.2, -0.15) is 0 Å². The Bertz CT molecular complexity index is 1490. The highest BCUT2D eigenvalue weighted by Gasteiger charge is 2.19. The van der Waals surface area contributed by atoms with Gasteiger partial charge in [0.05, 0.1) is 0 Å². The Morgan fingerprint density at radius 2 is 0.481 bits per heavy atom. The number of hydrogen-bond acceptors (Lipinski definition) is 6. The molecule has 0 aliphatic rings. The van der Waals surface area contributed by atoms with Crippen molar-refractivity contribution in [3.8, 4) is 0 Å². The van der Waals surface area contributed by atoms with Gasteiger partial charge in [-0.3, -0.25) is 14.4 Å². The van der Waals surface area contributed by atoms with E-state index in [1.807, 2.05) is 0 Å². The predicted octanol–water partition coefficient (Wildman–Crippen LogP) is 24.4. The number of allylic oxidation sites excluding steroid dienone is 12. The second kappa shape index (κ2) is 69.3. The first-order valence-electron chi connectivity index (χ1n) is 35.4. The van der Waals surface area contributed by atoms with E-state index in [1.54, 1.807) is 0 Å². The van der Waals surface area contributed by atoms with Gasteiger partial charge in [0.25, 0.3) is 0 Å². The highest BCUT2D eigenvalue weighted by atomic mass is 16.6. The summed E-state index contributed by atoms with van der Waals surface area (Å²) in [5.41, 5.74) is 0. The first-order chi connectivity index (χ1) is 40.0. The number of esters is 3. The van der Waals surface area contributed by atoms with Gasteiger partial charge in [-0.15, -0.1) is 0 Å². The lowest BCUT2D eigenvalue weighted by atomic mass is 10.0. The van der Waals surface area contributed by atoms with E-state index < -0.39 is 6.10 Å². The molecule has 0 rings (SSSR count). The molecule has 470 valence electrons. The Hall–Kier alpha value is -3.15. The SMILES string of the molecule is CC/C=C\C/C=C\C/C=C\C/C=C\C/C=C\CCCCCC(=O)OC(COC(=O)CCCCCCCCCCCCC)COC(=O)CCCCCCCCCCCCCCCCCCCCCCC/C=C\CCCCCCCCCC. The van der Waals surface area contributed by atoms with Crippen molar-refractivity contribution >= 4 is 17.9 Å². The zero-order chi connectivity index (χ0) is 58.5. The van der Waals surface area contributed by atoms with E-state index >= 15 is 0 Å². The Morgan fingerprint density at radius 1 is 0.259 bits per heavy atom. The summed E-state index contributed by atoms with van der Waals surface area (Å²) in [4.78, 5) is 38.3. The molecule has 0 saturated carbocycles. The molecule has 81 heavy (non-hydrogen) atoms. The van der Waals surface area contributed by atoms with Crippen LogP contribution in [-0.2, 0) is 28.6 Å². The van der Waals surface area contributed by atoms with Gasteiger partial charge in [0.15, 0.2) is 6.10 Å². The predicted molar refractivity (Wildman–Crippen MR) is 353 cm³/mol. The molecule has 6 heteroatoms. The second-order valence-corrected chi connectivity index (χ2v) is 23.8. The van der Waals surface area contributed by atoms with Crippen LogP contribution in [0.15, 0.2) is 72.9 Å². The fourth-order valence-corrected chi connectivity index (χ4v) is 10.4. The molecule has 0 N–H and O–H groups in total. The topological polar surface area (TPSA) is 78.9 Å². The fraction of sp³-hybridized carbons (Fsp3) is 0.800. The van der Waals surface area contributed by atoms with Crippen molar-refractivity contribution in [3.63, 3.8) is 0 Å². The molecule has 0 amide bonds. The summed E-state index contributed by atoms with van der Waals surface area (Å²) >= 11 is 0. The van der Waals surface area contributed by atoms with Gasteiger partial charge in [0.1, 0.15) is 13.2 Å². The molecule has 0 spiro atoms. The van der Waals surface area contributed by atoms with Gasteiger partial charge in [-0.25, -0.2) is 0 Å². The second-order valence-electron chi connectivity index (χ2n) is 23.8. The molecule has 0 heterocycles. The number of hydrogen-bond donors (Lipinski definition) is 0. The number of unbranched alkanes of at least 4 members (excludes halogenated alkanes) is 42. The Morgan fingerprint density at radius 3 is 0.778 bits per heavy atom. The quantitative estimate of drug-likeness (QED) is 0.0261. The van der Waals surface area contributed by atoms with E-state index in [0.717, 1.165) is 96.3 Å². The van der Waals surface area contributed by atoms with Crippen LogP contribution in [0.5, 0.6) is 0 Å². The van der Waals surface area contributed by atoms with Crippen molar-refractivity contribution in [2.45, 2.75) is 374 Å². The minimum atomic E-state index is -0.791. The maximum Gasteiger partial charge on any atom is 0.306 e. The summed E-state index contributed by atoms with van der Waals surface area (Å²) in [6, 6.07) is 0. The molecule has 1 atom stereocenters.